The summed E-state index contributed by atoms with van der Waals surface area (Å²) < 4.78 is 25.1. The number of fused-ring (bicyclic) bond motifs is 5. The highest BCUT2D eigenvalue weighted by molar-refractivity contribution is 5.87. The summed E-state index contributed by atoms with van der Waals surface area (Å²) in [5, 5.41) is 11.9. The third kappa shape index (κ3) is 2.45. The summed E-state index contributed by atoms with van der Waals surface area (Å²) in [4.78, 5) is 24.4. The fourth-order valence-electron chi connectivity index (χ4n) is 4.06. The van der Waals surface area contributed by atoms with Crippen molar-refractivity contribution in [1.29, 1.82) is 0 Å². The molecule has 28 heavy (non-hydrogen) atoms. The van der Waals surface area contributed by atoms with Crippen LogP contribution in [0.1, 0.15) is 23.1 Å². The average molecular weight is 382 g/mol. The number of nitro groups is 1. The average Bonchev–Trinajstić information content (AvgIpc) is 3.18. The van der Waals surface area contributed by atoms with Gasteiger partial charge in [-0.3, -0.25) is 10.1 Å². The minimum Gasteiger partial charge on any atom is -0.473 e. The standard InChI is InChI=1S/C20H15FN2O5/c21-16-6-4-11(8-17(16)23(25)26)22-9-15-18(27-10-22)7-5-13-12-2-1-3-14(12)20(24)28-19(13)15/h4-8H,1-3,9-10H2. The highest BCUT2D eigenvalue weighted by atomic mass is 19.1. The predicted octanol–water partition coefficient (Wildman–Crippen LogP) is 3.69. The molecule has 0 saturated carbocycles. The number of nitrogens with zero attached hydrogens (tertiary/aromatic N) is 2. The van der Waals surface area contributed by atoms with Gasteiger partial charge in [-0.25, -0.2) is 4.79 Å². The van der Waals surface area contributed by atoms with Gasteiger partial charge in [-0.05, 0) is 49.1 Å². The SMILES string of the molecule is O=c1oc2c3c(ccc2c2c1CCC2)OCN(c1ccc(F)c([N+](=O)[O-])c1)C3. The quantitative estimate of drug-likeness (QED) is 0.382. The monoisotopic (exact) mass is 382 g/mol. The van der Waals surface area contributed by atoms with Crippen LogP contribution in [-0.2, 0) is 19.4 Å². The first-order valence-corrected chi connectivity index (χ1v) is 8.95. The van der Waals surface area contributed by atoms with Crippen LogP contribution in [-0.4, -0.2) is 11.7 Å². The molecule has 0 spiro atoms. The minimum absolute atomic E-state index is 0.149. The maximum absolute atomic E-state index is 13.7. The molecule has 0 amide bonds. The minimum atomic E-state index is -0.890. The summed E-state index contributed by atoms with van der Waals surface area (Å²) in [5.74, 6) is -0.277. The van der Waals surface area contributed by atoms with Crippen molar-refractivity contribution in [3.8, 4) is 5.75 Å². The smallest absolute Gasteiger partial charge is 0.339 e. The molecular weight excluding hydrogens is 367 g/mol. The van der Waals surface area contributed by atoms with Crippen molar-refractivity contribution >= 4 is 22.3 Å². The van der Waals surface area contributed by atoms with E-state index in [4.69, 9.17) is 9.15 Å². The molecule has 1 aliphatic heterocycles. The van der Waals surface area contributed by atoms with E-state index >= 15 is 0 Å². The number of benzene rings is 2. The van der Waals surface area contributed by atoms with E-state index in [2.05, 4.69) is 0 Å². The number of ether oxygens (including phenoxy) is 1. The predicted molar refractivity (Wildman–Crippen MR) is 99.2 cm³/mol. The van der Waals surface area contributed by atoms with E-state index in [0.717, 1.165) is 41.8 Å². The number of hydrogen-bond acceptors (Lipinski definition) is 6. The maximum atomic E-state index is 13.7. The Hall–Kier alpha value is -3.42. The molecular formula is C20H15FN2O5. The Morgan fingerprint density at radius 1 is 1.11 bits per heavy atom. The Labute approximate surface area is 158 Å². The van der Waals surface area contributed by atoms with Crippen molar-refractivity contribution in [3.63, 3.8) is 0 Å². The second-order valence-corrected chi connectivity index (χ2v) is 6.98. The molecule has 1 aliphatic carbocycles. The Bertz CT molecular complexity index is 1200. The zero-order valence-corrected chi connectivity index (χ0v) is 14.7. The molecule has 142 valence electrons. The van der Waals surface area contributed by atoms with Crippen LogP contribution in [0.4, 0.5) is 15.8 Å². The highest BCUT2D eigenvalue weighted by Gasteiger charge is 2.27. The van der Waals surface area contributed by atoms with Gasteiger partial charge in [0, 0.05) is 22.7 Å². The Morgan fingerprint density at radius 3 is 2.75 bits per heavy atom. The van der Waals surface area contributed by atoms with E-state index in [1.165, 1.54) is 12.1 Å². The van der Waals surface area contributed by atoms with E-state index in [0.29, 0.717) is 29.1 Å². The van der Waals surface area contributed by atoms with Crippen LogP contribution in [0.5, 0.6) is 5.75 Å². The van der Waals surface area contributed by atoms with Gasteiger partial charge in [-0.15, -0.1) is 0 Å². The van der Waals surface area contributed by atoms with Crippen molar-refractivity contribution in [2.75, 3.05) is 11.6 Å². The Balaban J connectivity index is 1.61. The number of aryl methyl sites for hydroxylation is 1. The molecule has 8 heteroatoms. The molecule has 0 bridgehead atoms. The molecule has 0 saturated heterocycles. The third-order valence-corrected chi connectivity index (χ3v) is 5.42. The zero-order chi connectivity index (χ0) is 19.4. The third-order valence-electron chi connectivity index (χ3n) is 5.42. The van der Waals surface area contributed by atoms with Gasteiger partial charge in [-0.2, -0.15) is 4.39 Å². The number of nitro benzene ring substituents is 1. The summed E-state index contributed by atoms with van der Waals surface area (Å²) in [6.07, 6.45) is 2.50. The van der Waals surface area contributed by atoms with Crippen molar-refractivity contribution in [2.45, 2.75) is 25.8 Å². The van der Waals surface area contributed by atoms with Crippen molar-refractivity contribution in [3.05, 3.63) is 73.4 Å². The molecule has 0 fully saturated rings. The maximum Gasteiger partial charge on any atom is 0.339 e. The largest absolute Gasteiger partial charge is 0.473 e. The number of halogens is 1. The fraction of sp³-hybridized carbons (Fsp3) is 0.250. The van der Waals surface area contributed by atoms with E-state index in [-0.39, 0.29) is 12.4 Å². The second kappa shape index (κ2) is 6.05. The van der Waals surface area contributed by atoms with E-state index in [1.54, 1.807) is 4.90 Å². The van der Waals surface area contributed by atoms with Crippen LogP contribution in [0.25, 0.3) is 11.0 Å². The van der Waals surface area contributed by atoms with Gasteiger partial charge in [0.15, 0.2) is 6.73 Å². The molecule has 0 atom stereocenters. The van der Waals surface area contributed by atoms with Crippen LogP contribution in [0, 0.1) is 15.9 Å². The lowest BCUT2D eigenvalue weighted by Crippen LogP contribution is -2.32. The Morgan fingerprint density at radius 2 is 1.93 bits per heavy atom. The van der Waals surface area contributed by atoms with Gasteiger partial charge in [0.2, 0.25) is 5.82 Å². The van der Waals surface area contributed by atoms with E-state index in [1.807, 2.05) is 12.1 Å². The molecule has 0 unspecified atom stereocenters. The van der Waals surface area contributed by atoms with E-state index < -0.39 is 16.4 Å². The normalized spacial score (nSPS) is 15.2. The molecule has 2 aromatic carbocycles. The summed E-state index contributed by atoms with van der Waals surface area (Å²) in [5.41, 5.74) is 2.53. The molecule has 5 rings (SSSR count). The first-order chi connectivity index (χ1) is 13.5. The molecule has 7 nitrogen and oxygen atoms in total. The lowest BCUT2D eigenvalue weighted by atomic mass is 10.0. The first kappa shape index (κ1) is 16.7. The van der Waals surface area contributed by atoms with Gasteiger partial charge in [0.25, 0.3) is 0 Å². The number of anilines is 1. The van der Waals surface area contributed by atoms with E-state index in [9.17, 15) is 19.3 Å². The molecule has 0 N–H and O–H groups in total. The molecule has 0 radical (unpaired) electrons. The Kier molecular flexibility index (Phi) is 3.61. The highest BCUT2D eigenvalue weighted by Crippen LogP contribution is 2.37. The second-order valence-electron chi connectivity index (χ2n) is 6.98. The van der Waals surface area contributed by atoms with Gasteiger partial charge >= 0.3 is 11.3 Å². The first-order valence-electron chi connectivity index (χ1n) is 8.95. The molecule has 3 aromatic rings. The molecule has 2 heterocycles. The van der Waals surface area contributed by atoms with Gasteiger partial charge < -0.3 is 14.1 Å². The fourth-order valence-corrected chi connectivity index (χ4v) is 4.06. The summed E-state index contributed by atoms with van der Waals surface area (Å²) >= 11 is 0. The topological polar surface area (TPSA) is 85.8 Å². The van der Waals surface area contributed by atoms with Crippen LogP contribution < -0.4 is 15.3 Å². The summed E-state index contributed by atoms with van der Waals surface area (Å²) in [6, 6.07) is 7.50. The number of rotatable bonds is 2. The lowest BCUT2D eigenvalue weighted by molar-refractivity contribution is -0.387. The van der Waals surface area contributed by atoms with Gasteiger partial charge in [-0.1, -0.05) is 0 Å². The van der Waals surface area contributed by atoms with Crippen LogP contribution in [0.2, 0.25) is 0 Å². The van der Waals surface area contributed by atoms with Crippen LogP contribution in [0.3, 0.4) is 0 Å². The van der Waals surface area contributed by atoms with Crippen molar-refractivity contribution in [1.82, 2.24) is 0 Å². The van der Waals surface area contributed by atoms with Crippen molar-refractivity contribution in [2.24, 2.45) is 0 Å². The van der Waals surface area contributed by atoms with Crippen molar-refractivity contribution < 1.29 is 18.5 Å². The van der Waals surface area contributed by atoms with Gasteiger partial charge in [0.05, 0.1) is 17.0 Å². The number of hydrogen-bond donors (Lipinski definition) is 0. The van der Waals surface area contributed by atoms with Crippen LogP contribution in [0.15, 0.2) is 39.5 Å². The molecule has 2 aliphatic rings. The lowest BCUT2D eigenvalue weighted by Gasteiger charge is -2.31. The molecule has 1 aromatic heterocycles. The zero-order valence-electron chi connectivity index (χ0n) is 14.7. The summed E-state index contributed by atoms with van der Waals surface area (Å²) in [6.45, 7) is 0.480. The summed E-state index contributed by atoms with van der Waals surface area (Å²) in [7, 11) is 0. The van der Waals surface area contributed by atoms with Crippen LogP contribution >= 0.6 is 0 Å². The van der Waals surface area contributed by atoms with Gasteiger partial charge in [0.1, 0.15) is 11.3 Å².